The number of unbranched alkanes of at least 4 members (excludes halogenated alkanes) is 1. The maximum absolute atomic E-state index is 10.8. The van der Waals surface area contributed by atoms with Crippen molar-refractivity contribution < 1.29 is 17.9 Å². The second-order valence-corrected chi connectivity index (χ2v) is 7.40. The fraction of sp³-hybridized carbons (Fsp3) is 1.00. The number of halogens is 1. The lowest BCUT2D eigenvalue weighted by Gasteiger charge is -2.10. The fourth-order valence-corrected chi connectivity index (χ4v) is 2.29. The molecule has 0 aliphatic heterocycles. The van der Waals surface area contributed by atoms with Gasteiger partial charge in [-0.1, -0.05) is 20.3 Å². The molecule has 0 aromatic heterocycles. The fourth-order valence-electron chi connectivity index (χ4n) is 1.34. The first-order chi connectivity index (χ1) is 8.45. The topological polar surface area (TPSA) is 52.6 Å². The van der Waals surface area contributed by atoms with Crippen LogP contribution in [0.1, 0.15) is 39.5 Å². The van der Waals surface area contributed by atoms with Crippen molar-refractivity contribution >= 4 is 19.7 Å². The second-order valence-electron chi connectivity index (χ2n) is 4.50. The van der Waals surface area contributed by atoms with Gasteiger partial charge >= 0.3 is 0 Å². The van der Waals surface area contributed by atoms with Crippen LogP contribution in [-0.4, -0.2) is 40.6 Å². The molecule has 18 heavy (non-hydrogen) atoms. The molecule has 0 saturated carbocycles. The third-order valence-electron chi connectivity index (χ3n) is 2.62. The van der Waals surface area contributed by atoms with Crippen LogP contribution >= 0.6 is 10.7 Å². The predicted molar refractivity (Wildman–Crippen MR) is 74.6 cm³/mol. The monoisotopic (exact) mass is 300 g/mol. The molecule has 1 atom stereocenters. The summed E-state index contributed by atoms with van der Waals surface area (Å²) in [6, 6.07) is 0. The van der Waals surface area contributed by atoms with Crippen LogP contribution in [0.5, 0.6) is 0 Å². The summed E-state index contributed by atoms with van der Waals surface area (Å²) in [5.74, 6) is 0.343. The number of ether oxygens (including phenoxy) is 2. The molecule has 0 bridgehead atoms. The highest BCUT2D eigenvalue weighted by molar-refractivity contribution is 8.13. The zero-order chi connectivity index (χ0) is 13.9. The molecule has 0 aliphatic rings. The average Bonchev–Trinajstić information content (AvgIpc) is 2.29. The van der Waals surface area contributed by atoms with Gasteiger partial charge in [0, 0.05) is 23.9 Å². The first-order valence-electron chi connectivity index (χ1n) is 6.53. The smallest absolute Gasteiger partial charge is 0.232 e. The van der Waals surface area contributed by atoms with Crippen molar-refractivity contribution in [2.45, 2.75) is 39.5 Å². The normalized spacial score (nSPS) is 13.7. The van der Waals surface area contributed by atoms with E-state index >= 15 is 0 Å². The minimum atomic E-state index is -3.36. The van der Waals surface area contributed by atoms with Crippen LogP contribution in [0.2, 0.25) is 0 Å². The predicted octanol–water partition coefficient (Wildman–Crippen LogP) is 2.80. The van der Waals surface area contributed by atoms with Crippen molar-refractivity contribution in [3.8, 4) is 0 Å². The number of hydrogen-bond acceptors (Lipinski definition) is 4. The van der Waals surface area contributed by atoms with Crippen LogP contribution in [0, 0.1) is 5.92 Å². The highest BCUT2D eigenvalue weighted by Crippen LogP contribution is 2.11. The van der Waals surface area contributed by atoms with E-state index in [1.54, 1.807) is 0 Å². The van der Waals surface area contributed by atoms with Crippen molar-refractivity contribution in [3.63, 3.8) is 0 Å². The molecule has 0 aliphatic carbocycles. The number of hydrogen-bond donors (Lipinski definition) is 0. The Labute approximate surface area is 115 Å². The average molecular weight is 301 g/mol. The molecule has 0 radical (unpaired) electrons. The molecular formula is C12H25ClO4S. The lowest BCUT2D eigenvalue weighted by atomic mass is 10.1. The van der Waals surface area contributed by atoms with E-state index in [1.165, 1.54) is 0 Å². The summed E-state index contributed by atoms with van der Waals surface area (Å²) in [6.45, 7) is 6.80. The molecule has 0 aromatic rings. The molecule has 6 heteroatoms. The van der Waals surface area contributed by atoms with Crippen molar-refractivity contribution in [3.05, 3.63) is 0 Å². The van der Waals surface area contributed by atoms with Gasteiger partial charge in [-0.2, -0.15) is 0 Å². The summed E-state index contributed by atoms with van der Waals surface area (Å²) in [5, 5.41) is 0. The minimum absolute atomic E-state index is 0.0376. The first kappa shape index (κ1) is 18.2. The largest absolute Gasteiger partial charge is 0.379 e. The molecule has 0 amide bonds. The van der Waals surface area contributed by atoms with E-state index in [0.29, 0.717) is 32.2 Å². The van der Waals surface area contributed by atoms with Crippen LogP contribution in [-0.2, 0) is 18.5 Å². The summed E-state index contributed by atoms with van der Waals surface area (Å²) in [5.41, 5.74) is 0. The van der Waals surface area contributed by atoms with E-state index in [2.05, 4.69) is 6.92 Å². The Kier molecular flexibility index (Phi) is 11.1. The van der Waals surface area contributed by atoms with E-state index in [-0.39, 0.29) is 5.75 Å². The highest BCUT2D eigenvalue weighted by Gasteiger charge is 2.09. The molecule has 0 heterocycles. The van der Waals surface area contributed by atoms with Crippen LogP contribution < -0.4 is 0 Å². The Morgan fingerprint density at radius 3 is 2.22 bits per heavy atom. The van der Waals surface area contributed by atoms with Gasteiger partial charge in [-0.3, -0.25) is 0 Å². The van der Waals surface area contributed by atoms with Crippen LogP contribution in [0.3, 0.4) is 0 Å². The molecule has 0 aromatic carbocycles. The second kappa shape index (κ2) is 11.0. The highest BCUT2D eigenvalue weighted by atomic mass is 35.7. The molecule has 0 rings (SSSR count). The van der Waals surface area contributed by atoms with Gasteiger partial charge in [-0.05, 0) is 25.2 Å². The van der Waals surface area contributed by atoms with E-state index in [1.807, 2.05) is 6.92 Å². The van der Waals surface area contributed by atoms with Crippen molar-refractivity contribution in [2.75, 3.05) is 32.2 Å². The summed E-state index contributed by atoms with van der Waals surface area (Å²) < 4.78 is 32.3. The Balaban J connectivity index is 3.28. The van der Waals surface area contributed by atoms with E-state index < -0.39 is 9.05 Å². The van der Waals surface area contributed by atoms with Gasteiger partial charge in [0.25, 0.3) is 0 Å². The summed E-state index contributed by atoms with van der Waals surface area (Å²) in [4.78, 5) is 0. The van der Waals surface area contributed by atoms with E-state index in [0.717, 1.165) is 25.9 Å². The summed E-state index contributed by atoms with van der Waals surface area (Å²) in [7, 11) is 1.79. The Bertz CT molecular complexity index is 280. The van der Waals surface area contributed by atoms with E-state index in [4.69, 9.17) is 20.2 Å². The lowest BCUT2D eigenvalue weighted by molar-refractivity contribution is 0.0424. The maximum Gasteiger partial charge on any atom is 0.232 e. The third kappa shape index (κ3) is 14.2. The third-order valence-corrected chi connectivity index (χ3v) is 3.81. The van der Waals surface area contributed by atoms with Gasteiger partial charge in [0.15, 0.2) is 0 Å². The zero-order valence-electron chi connectivity index (χ0n) is 11.4. The molecule has 110 valence electrons. The van der Waals surface area contributed by atoms with Crippen LogP contribution in [0.4, 0.5) is 0 Å². The van der Waals surface area contributed by atoms with Crippen molar-refractivity contribution in [1.82, 2.24) is 0 Å². The summed E-state index contributed by atoms with van der Waals surface area (Å²) in [6.07, 6.45) is 3.66. The van der Waals surface area contributed by atoms with Crippen molar-refractivity contribution in [2.24, 2.45) is 5.92 Å². The van der Waals surface area contributed by atoms with Crippen molar-refractivity contribution in [1.29, 1.82) is 0 Å². The van der Waals surface area contributed by atoms with Gasteiger partial charge in [-0.15, -0.1) is 0 Å². The Morgan fingerprint density at radius 1 is 1.06 bits per heavy atom. The van der Waals surface area contributed by atoms with Gasteiger partial charge in [0.05, 0.1) is 19.0 Å². The van der Waals surface area contributed by atoms with Gasteiger partial charge < -0.3 is 9.47 Å². The van der Waals surface area contributed by atoms with Crippen LogP contribution in [0.25, 0.3) is 0 Å². The lowest BCUT2D eigenvalue weighted by Crippen LogP contribution is -2.10. The molecule has 0 spiro atoms. The maximum atomic E-state index is 10.8. The molecule has 0 N–H and O–H groups in total. The molecule has 0 fully saturated rings. The standard InChI is InChI=1S/C12H25ClO4S/c1-3-4-7-16-9-10-17-8-5-12(2)6-11-18(13,14)15/h12H,3-11H2,1-2H3. The van der Waals surface area contributed by atoms with E-state index in [9.17, 15) is 8.42 Å². The molecule has 0 saturated heterocycles. The Hall–Kier alpha value is 0.160. The van der Waals surface area contributed by atoms with Gasteiger partial charge in [0.1, 0.15) is 0 Å². The SMILES string of the molecule is CCCCOCCOCCC(C)CCS(=O)(=O)Cl. The summed E-state index contributed by atoms with van der Waals surface area (Å²) >= 11 is 0. The first-order valence-corrected chi connectivity index (χ1v) is 9.01. The molecule has 4 nitrogen and oxygen atoms in total. The van der Waals surface area contributed by atoms with Crippen LogP contribution in [0.15, 0.2) is 0 Å². The Morgan fingerprint density at radius 2 is 1.67 bits per heavy atom. The zero-order valence-corrected chi connectivity index (χ0v) is 12.9. The molecular weight excluding hydrogens is 276 g/mol. The van der Waals surface area contributed by atoms with Gasteiger partial charge in [-0.25, -0.2) is 8.42 Å². The minimum Gasteiger partial charge on any atom is -0.379 e. The number of rotatable bonds is 12. The quantitative estimate of drug-likeness (QED) is 0.411. The molecule has 1 unspecified atom stereocenters. The van der Waals surface area contributed by atoms with Gasteiger partial charge in [0.2, 0.25) is 9.05 Å².